The lowest BCUT2D eigenvalue weighted by molar-refractivity contribution is -0.142. The molecule has 2 rings (SSSR count). The van der Waals surface area contributed by atoms with Gasteiger partial charge in [0.15, 0.2) is 0 Å². The molecule has 2 N–H and O–H groups in total. The molecule has 2 aromatic carbocycles. The molecule has 0 aliphatic carbocycles. The van der Waals surface area contributed by atoms with Crippen molar-refractivity contribution in [2.45, 2.75) is 12.5 Å². The molecular formula is C17H15FN2O2. The lowest BCUT2D eigenvalue weighted by Gasteiger charge is -2.10. The minimum Gasteiger partial charge on any atom is -0.468 e. The number of carbonyl (C=O) groups excluding carboxylic acids is 1. The Labute approximate surface area is 127 Å². The van der Waals surface area contributed by atoms with Gasteiger partial charge in [0.05, 0.1) is 12.7 Å². The van der Waals surface area contributed by atoms with Crippen molar-refractivity contribution in [1.29, 1.82) is 5.26 Å². The largest absolute Gasteiger partial charge is 0.468 e. The van der Waals surface area contributed by atoms with E-state index in [4.69, 9.17) is 11.0 Å². The molecule has 4 nitrogen and oxygen atoms in total. The molecular weight excluding hydrogens is 283 g/mol. The first kappa shape index (κ1) is 15.7. The van der Waals surface area contributed by atoms with Crippen LogP contribution in [0.2, 0.25) is 0 Å². The van der Waals surface area contributed by atoms with Gasteiger partial charge in [-0.15, -0.1) is 0 Å². The molecule has 5 heteroatoms. The van der Waals surface area contributed by atoms with Crippen molar-refractivity contribution in [3.63, 3.8) is 0 Å². The number of nitrogens with two attached hydrogens (primary N) is 1. The summed E-state index contributed by atoms with van der Waals surface area (Å²) in [5.74, 6) is -1.00. The molecule has 0 radical (unpaired) electrons. The third-order valence-electron chi connectivity index (χ3n) is 3.34. The summed E-state index contributed by atoms with van der Waals surface area (Å²) in [6, 6.07) is 12.8. The maximum atomic E-state index is 13.6. The fourth-order valence-corrected chi connectivity index (χ4v) is 2.11. The SMILES string of the molecule is COC(=O)[C@@H](N)Cc1ccc(-c2ccc(C#N)c(F)c2)cc1. The molecule has 1 atom stereocenters. The average molecular weight is 298 g/mol. The Hall–Kier alpha value is -2.71. The number of benzene rings is 2. The molecule has 0 heterocycles. The van der Waals surface area contributed by atoms with Crippen molar-refractivity contribution < 1.29 is 13.9 Å². The fraction of sp³-hybridized carbons (Fsp3) is 0.176. The molecule has 0 saturated carbocycles. The van der Waals surface area contributed by atoms with E-state index < -0.39 is 17.8 Å². The molecule has 112 valence electrons. The zero-order valence-corrected chi connectivity index (χ0v) is 12.0. The van der Waals surface area contributed by atoms with Gasteiger partial charge in [-0.2, -0.15) is 5.26 Å². The first-order chi connectivity index (χ1) is 10.5. The summed E-state index contributed by atoms with van der Waals surface area (Å²) < 4.78 is 18.2. The van der Waals surface area contributed by atoms with Gasteiger partial charge in [0.2, 0.25) is 0 Å². The molecule has 0 aromatic heterocycles. The molecule has 22 heavy (non-hydrogen) atoms. The van der Waals surface area contributed by atoms with Gasteiger partial charge in [-0.25, -0.2) is 4.39 Å². The van der Waals surface area contributed by atoms with Crippen LogP contribution in [0.4, 0.5) is 4.39 Å². The molecule has 0 saturated heterocycles. The highest BCUT2D eigenvalue weighted by atomic mass is 19.1. The van der Waals surface area contributed by atoms with Gasteiger partial charge in [-0.3, -0.25) is 4.79 Å². The van der Waals surface area contributed by atoms with Crippen molar-refractivity contribution >= 4 is 5.97 Å². The van der Waals surface area contributed by atoms with Gasteiger partial charge in [0.1, 0.15) is 17.9 Å². The first-order valence-electron chi connectivity index (χ1n) is 6.67. The Kier molecular flexibility index (Phi) is 4.87. The topological polar surface area (TPSA) is 76.1 Å². The van der Waals surface area contributed by atoms with E-state index in [1.54, 1.807) is 12.1 Å². The highest BCUT2D eigenvalue weighted by Gasteiger charge is 2.14. The third-order valence-corrected chi connectivity index (χ3v) is 3.34. The second kappa shape index (κ2) is 6.83. The average Bonchev–Trinajstić information content (AvgIpc) is 2.54. The Morgan fingerprint density at radius 3 is 2.45 bits per heavy atom. The molecule has 0 fully saturated rings. The van der Waals surface area contributed by atoms with E-state index in [1.807, 2.05) is 24.3 Å². The Morgan fingerprint density at radius 1 is 1.27 bits per heavy atom. The number of nitrogens with zero attached hydrogens (tertiary/aromatic N) is 1. The van der Waals surface area contributed by atoms with Crippen LogP contribution in [0.5, 0.6) is 0 Å². The summed E-state index contributed by atoms with van der Waals surface area (Å²) in [5.41, 5.74) is 8.11. The zero-order chi connectivity index (χ0) is 16.1. The fourth-order valence-electron chi connectivity index (χ4n) is 2.11. The van der Waals surface area contributed by atoms with Crippen molar-refractivity contribution in [2.24, 2.45) is 5.73 Å². The van der Waals surface area contributed by atoms with Gasteiger partial charge in [0, 0.05) is 0 Å². The number of hydrogen-bond donors (Lipinski definition) is 1. The summed E-state index contributed by atoms with van der Waals surface area (Å²) in [6.45, 7) is 0. The van der Waals surface area contributed by atoms with Crippen molar-refractivity contribution in [3.05, 3.63) is 59.4 Å². The summed E-state index contributed by atoms with van der Waals surface area (Å²) in [5, 5.41) is 8.73. The molecule has 0 bridgehead atoms. The van der Waals surface area contributed by atoms with E-state index in [-0.39, 0.29) is 5.56 Å². The van der Waals surface area contributed by atoms with E-state index in [9.17, 15) is 9.18 Å². The molecule has 0 unspecified atom stereocenters. The predicted octanol–water partition coefficient (Wildman–Crippen LogP) is 2.41. The number of esters is 1. The normalized spacial score (nSPS) is 11.5. The highest BCUT2D eigenvalue weighted by Crippen LogP contribution is 2.22. The van der Waals surface area contributed by atoms with Gasteiger partial charge in [0.25, 0.3) is 0 Å². The van der Waals surface area contributed by atoms with Crippen molar-refractivity contribution in [3.8, 4) is 17.2 Å². The summed E-state index contributed by atoms with van der Waals surface area (Å²) >= 11 is 0. The maximum absolute atomic E-state index is 13.6. The molecule has 0 spiro atoms. The van der Waals surface area contributed by atoms with Gasteiger partial charge in [-0.1, -0.05) is 30.3 Å². The number of methoxy groups -OCH3 is 1. The van der Waals surface area contributed by atoms with E-state index in [0.717, 1.165) is 11.1 Å². The summed E-state index contributed by atoms with van der Waals surface area (Å²) in [4.78, 5) is 11.3. The highest BCUT2D eigenvalue weighted by molar-refractivity contribution is 5.75. The molecule has 0 aliphatic rings. The Balaban J connectivity index is 2.17. The van der Waals surface area contributed by atoms with Gasteiger partial charge in [-0.05, 0) is 35.2 Å². The maximum Gasteiger partial charge on any atom is 0.322 e. The van der Waals surface area contributed by atoms with Crippen LogP contribution in [0.25, 0.3) is 11.1 Å². The first-order valence-corrected chi connectivity index (χ1v) is 6.67. The number of carbonyl (C=O) groups is 1. The monoisotopic (exact) mass is 298 g/mol. The van der Waals surface area contributed by atoms with Crippen LogP contribution in [0.3, 0.4) is 0 Å². The Morgan fingerprint density at radius 2 is 1.91 bits per heavy atom. The van der Waals surface area contributed by atoms with E-state index in [0.29, 0.717) is 12.0 Å². The lowest BCUT2D eigenvalue weighted by atomic mass is 10.00. The van der Waals surface area contributed by atoms with Gasteiger partial charge >= 0.3 is 5.97 Å². The molecule has 0 amide bonds. The van der Waals surface area contributed by atoms with Crippen LogP contribution >= 0.6 is 0 Å². The standard InChI is InChI=1S/C17H15FN2O2/c1-22-17(21)16(20)8-11-2-4-12(5-3-11)13-6-7-14(10-19)15(18)9-13/h2-7,9,16H,8,20H2,1H3/t16-/m0/s1. The lowest BCUT2D eigenvalue weighted by Crippen LogP contribution is -2.33. The number of ether oxygens (including phenoxy) is 1. The minimum absolute atomic E-state index is 0.0180. The molecule has 0 aliphatic heterocycles. The number of nitriles is 1. The minimum atomic E-state index is -0.705. The van der Waals surface area contributed by atoms with Gasteiger partial charge < -0.3 is 10.5 Å². The Bertz CT molecular complexity index is 720. The third kappa shape index (κ3) is 3.48. The van der Waals surface area contributed by atoms with Crippen molar-refractivity contribution in [1.82, 2.24) is 0 Å². The van der Waals surface area contributed by atoms with E-state index >= 15 is 0 Å². The van der Waals surface area contributed by atoms with Crippen LogP contribution in [0.1, 0.15) is 11.1 Å². The second-order valence-corrected chi connectivity index (χ2v) is 4.84. The van der Waals surface area contributed by atoms with Crippen LogP contribution in [-0.4, -0.2) is 19.1 Å². The van der Waals surface area contributed by atoms with Crippen LogP contribution in [0, 0.1) is 17.1 Å². The quantitative estimate of drug-likeness (QED) is 0.879. The number of rotatable bonds is 4. The van der Waals surface area contributed by atoms with Crippen molar-refractivity contribution in [2.75, 3.05) is 7.11 Å². The molecule has 2 aromatic rings. The summed E-state index contributed by atoms with van der Waals surface area (Å²) in [7, 11) is 1.30. The number of hydrogen-bond acceptors (Lipinski definition) is 4. The second-order valence-electron chi connectivity index (χ2n) is 4.84. The van der Waals surface area contributed by atoms with Crippen LogP contribution < -0.4 is 5.73 Å². The zero-order valence-electron chi connectivity index (χ0n) is 12.0. The number of halogens is 1. The predicted molar refractivity (Wildman–Crippen MR) is 80.2 cm³/mol. The van der Waals surface area contributed by atoms with Crippen LogP contribution in [0.15, 0.2) is 42.5 Å². The van der Waals surface area contributed by atoms with E-state index in [2.05, 4.69) is 4.74 Å². The summed E-state index contributed by atoms with van der Waals surface area (Å²) in [6.07, 6.45) is 0.370. The van der Waals surface area contributed by atoms with Crippen LogP contribution in [-0.2, 0) is 16.0 Å². The smallest absolute Gasteiger partial charge is 0.322 e. The van der Waals surface area contributed by atoms with E-state index in [1.165, 1.54) is 19.2 Å².